The highest BCUT2D eigenvalue weighted by Gasteiger charge is 2.44. The fourth-order valence-electron chi connectivity index (χ4n) is 3.50. The van der Waals surface area contributed by atoms with E-state index in [0.717, 1.165) is 21.3 Å². The van der Waals surface area contributed by atoms with Gasteiger partial charge in [-0.1, -0.05) is 40.2 Å². The van der Waals surface area contributed by atoms with Crippen LogP contribution in [-0.2, 0) is 23.4 Å². The molecule has 3 aromatic rings. The van der Waals surface area contributed by atoms with Gasteiger partial charge in [-0.3, -0.25) is 4.79 Å². The maximum atomic E-state index is 13.5. The summed E-state index contributed by atoms with van der Waals surface area (Å²) >= 11 is 3.44. The number of fused-ring (bicyclic) bond motifs is 1. The van der Waals surface area contributed by atoms with Gasteiger partial charge >= 0.3 is 0 Å². The molecule has 1 aliphatic rings. The van der Waals surface area contributed by atoms with Crippen LogP contribution in [0.25, 0.3) is 0 Å². The van der Waals surface area contributed by atoms with Crippen molar-refractivity contribution in [3.05, 3.63) is 88.2 Å². The van der Waals surface area contributed by atoms with E-state index >= 15 is 0 Å². The first-order chi connectivity index (χ1) is 12.5. The lowest BCUT2D eigenvalue weighted by Crippen LogP contribution is -2.53. The highest BCUT2D eigenvalue weighted by Crippen LogP contribution is 2.35. The lowest BCUT2D eigenvalue weighted by atomic mass is 9.87. The SMILES string of the molecule is CC1(c2ccc(Br)cc2)C(=O)N(Cc2ccc(F)cc2)Cc2cncn21.Cl. The Kier molecular flexibility index (Phi) is 5.40. The molecule has 2 heterocycles. The molecule has 4 nitrogen and oxygen atoms in total. The Morgan fingerprint density at radius 1 is 1.15 bits per heavy atom. The summed E-state index contributed by atoms with van der Waals surface area (Å²) in [6.45, 7) is 2.82. The number of amides is 1. The smallest absolute Gasteiger partial charge is 0.253 e. The van der Waals surface area contributed by atoms with Crippen LogP contribution in [-0.4, -0.2) is 20.4 Å². The summed E-state index contributed by atoms with van der Waals surface area (Å²) < 4.78 is 16.1. The second-order valence-electron chi connectivity index (χ2n) is 6.62. The zero-order valence-corrected chi connectivity index (χ0v) is 17.0. The van der Waals surface area contributed by atoms with Crippen molar-refractivity contribution in [2.75, 3.05) is 0 Å². The van der Waals surface area contributed by atoms with Gasteiger partial charge < -0.3 is 9.47 Å². The molecule has 1 atom stereocenters. The highest BCUT2D eigenvalue weighted by molar-refractivity contribution is 9.10. The molecule has 0 radical (unpaired) electrons. The van der Waals surface area contributed by atoms with Gasteiger partial charge in [0.2, 0.25) is 0 Å². The normalized spacial score (nSPS) is 18.8. The third-order valence-corrected chi connectivity index (χ3v) is 5.48. The van der Waals surface area contributed by atoms with E-state index in [0.29, 0.717) is 13.1 Å². The third-order valence-electron chi connectivity index (χ3n) is 4.95. The number of carbonyl (C=O) groups is 1. The van der Waals surface area contributed by atoms with Crippen LogP contribution in [0.1, 0.15) is 23.7 Å². The minimum absolute atomic E-state index is 0. The number of imidazole rings is 1. The molecule has 4 rings (SSSR count). The average Bonchev–Trinajstić information content (AvgIpc) is 3.11. The first-order valence-electron chi connectivity index (χ1n) is 8.30. The number of rotatable bonds is 3. The van der Waals surface area contributed by atoms with Gasteiger partial charge in [0.1, 0.15) is 11.4 Å². The van der Waals surface area contributed by atoms with E-state index in [1.165, 1.54) is 12.1 Å². The average molecular weight is 451 g/mol. The second kappa shape index (κ2) is 7.44. The number of aromatic nitrogens is 2. The van der Waals surface area contributed by atoms with Crippen LogP contribution < -0.4 is 0 Å². The summed E-state index contributed by atoms with van der Waals surface area (Å²) in [5.41, 5.74) is 1.89. The van der Waals surface area contributed by atoms with E-state index in [1.54, 1.807) is 29.6 Å². The van der Waals surface area contributed by atoms with E-state index < -0.39 is 5.54 Å². The first kappa shape index (κ1) is 19.6. The van der Waals surface area contributed by atoms with Crippen molar-refractivity contribution in [2.24, 2.45) is 0 Å². The van der Waals surface area contributed by atoms with Crippen LogP contribution in [0.5, 0.6) is 0 Å². The molecule has 7 heteroatoms. The predicted molar refractivity (Wildman–Crippen MR) is 107 cm³/mol. The quantitative estimate of drug-likeness (QED) is 0.589. The van der Waals surface area contributed by atoms with Gasteiger partial charge in [-0.2, -0.15) is 0 Å². The summed E-state index contributed by atoms with van der Waals surface area (Å²) in [6.07, 6.45) is 3.51. The van der Waals surface area contributed by atoms with Crippen molar-refractivity contribution in [3.8, 4) is 0 Å². The Bertz CT molecular complexity index is 958. The van der Waals surface area contributed by atoms with Gasteiger partial charge in [0.15, 0.2) is 0 Å². The van der Waals surface area contributed by atoms with E-state index in [2.05, 4.69) is 20.9 Å². The highest BCUT2D eigenvalue weighted by atomic mass is 79.9. The Morgan fingerprint density at radius 3 is 2.48 bits per heavy atom. The molecule has 1 amide bonds. The van der Waals surface area contributed by atoms with Crippen molar-refractivity contribution in [2.45, 2.75) is 25.6 Å². The topological polar surface area (TPSA) is 38.1 Å². The van der Waals surface area contributed by atoms with Crippen molar-refractivity contribution >= 4 is 34.2 Å². The monoisotopic (exact) mass is 449 g/mol. The van der Waals surface area contributed by atoms with Crippen molar-refractivity contribution in [1.29, 1.82) is 0 Å². The number of hydrogen-bond donors (Lipinski definition) is 0. The number of benzene rings is 2. The van der Waals surface area contributed by atoms with Gasteiger partial charge in [0.25, 0.3) is 5.91 Å². The number of hydrogen-bond acceptors (Lipinski definition) is 2. The molecule has 0 bridgehead atoms. The van der Waals surface area contributed by atoms with Crippen LogP contribution in [0.15, 0.2) is 65.5 Å². The zero-order chi connectivity index (χ0) is 18.3. The van der Waals surface area contributed by atoms with Crippen molar-refractivity contribution in [3.63, 3.8) is 0 Å². The van der Waals surface area contributed by atoms with E-state index in [1.807, 2.05) is 35.8 Å². The van der Waals surface area contributed by atoms with E-state index in [-0.39, 0.29) is 24.1 Å². The fourth-order valence-corrected chi connectivity index (χ4v) is 3.76. The molecular weight excluding hydrogens is 433 g/mol. The lowest BCUT2D eigenvalue weighted by molar-refractivity contribution is -0.141. The van der Waals surface area contributed by atoms with Gasteiger partial charge in [0, 0.05) is 17.2 Å². The van der Waals surface area contributed by atoms with E-state index in [4.69, 9.17) is 0 Å². The molecule has 0 saturated carbocycles. The molecule has 1 unspecified atom stereocenters. The van der Waals surface area contributed by atoms with Crippen LogP contribution in [0.4, 0.5) is 4.39 Å². The summed E-state index contributed by atoms with van der Waals surface area (Å²) in [7, 11) is 0. The Labute approximate surface area is 171 Å². The largest absolute Gasteiger partial charge is 0.330 e. The molecule has 27 heavy (non-hydrogen) atoms. The maximum absolute atomic E-state index is 13.5. The van der Waals surface area contributed by atoms with Gasteiger partial charge in [-0.25, -0.2) is 9.37 Å². The maximum Gasteiger partial charge on any atom is 0.253 e. The first-order valence-corrected chi connectivity index (χ1v) is 9.09. The van der Waals surface area contributed by atoms with Crippen LogP contribution in [0, 0.1) is 5.82 Å². The Balaban J connectivity index is 0.00000210. The van der Waals surface area contributed by atoms with Crippen molar-refractivity contribution < 1.29 is 9.18 Å². The molecule has 0 fully saturated rings. The second-order valence-corrected chi connectivity index (χ2v) is 7.54. The molecule has 0 saturated heterocycles. The Hall–Kier alpha value is -2.18. The minimum Gasteiger partial charge on any atom is -0.330 e. The molecule has 1 aromatic heterocycles. The molecule has 1 aliphatic heterocycles. The summed E-state index contributed by atoms with van der Waals surface area (Å²) in [5, 5.41) is 0. The molecule has 0 N–H and O–H groups in total. The van der Waals surface area contributed by atoms with Crippen LogP contribution >= 0.6 is 28.3 Å². The Morgan fingerprint density at radius 2 is 1.81 bits per heavy atom. The molecule has 140 valence electrons. The summed E-state index contributed by atoms with van der Waals surface area (Å²) in [5.74, 6) is -0.286. The van der Waals surface area contributed by atoms with Gasteiger partial charge in [0.05, 0.1) is 18.6 Å². The van der Waals surface area contributed by atoms with Crippen LogP contribution in [0.2, 0.25) is 0 Å². The fraction of sp³-hybridized carbons (Fsp3) is 0.200. The van der Waals surface area contributed by atoms with Gasteiger partial charge in [-0.15, -0.1) is 12.4 Å². The summed E-state index contributed by atoms with van der Waals surface area (Å²) in [4.78, 5) is 19.5. The molecular formula is C20H18BrClFN3O. The molecule has 0 spiro atoms. The number of carbonyl (C=O) groups excluding carboxylic acids is 1. The van der Waals surface area contributed by atoms with Gasteiger partial charge in [-0.05, 0) is 42.3 Å². The number of nitrogens with zero attached hydrogens (tertiary/aromatic N) is 3. The molecule has 2 aromatic carbocycles. The van der Waals surface area contributed by atoms with Crippen LogP contribution in [0.3, 0.4) is 0 Å². The summed E-state index contributed by atoms with van der Waals surface area (Å²) in [6, 6.07) is 14.0. The molecule has 0 aliphatic carbocycles. The standard InChI is InChI=1S/C20H17BrFN3O.ClH/c1-20(15-4-6-16(21)7-5-15)19(26)24(12-18-10-23-13-25(18)20)11-14-2-8-17(22)9-3-14;/h2-10,13H,11-12H2,1H3;1H. The third kappa shape index (κ3) is 3.39. The lowest BCUT2D eigenvalue weighted by Gasteiger charge is -2.41. The predicted octanol–water partition coefficient (Wildman–Crippen LogP) is 4.51. The van der Waals surface area contributed by atoms with Crippen molar-refractivity contribution in [1.82, 2.24) is 14.5 Å². The van der Waals surface area contributed by atoms with E-state index in [9.17, 15) is 9.18 Å². The zero-order valence-electron chi connectivity index (χ0n) is 14.6. The minimum atomic E-state index is -0.870. The number of halogens is 3.